The molecule has 7 heteroatoms. The Kier molecular flexibility index (Phi) is 8.51. The largest absolute Gasteiger partial charge is 0.481 e. The van der Waals surface area contributed by atoms with E-state index in [1.165, 1.54) is 30.3 Å². The molecular formula is C22H27F2NO4. The zero-order chi connectivity index (χ0) is 21.3. The lowest BCUT2D eigenvalue weighted by atomic mass is 9.98. The predicted octanol–water partition coefficient (Wildman–Crippen LogP) is 3.89. The summed E-state index contributed by atoms with van der Waals surface area (Å²) >= 11 is 0. The number of amides is 1. The molecule has 1 aliphatic heterocycles. The van der Waals surface area contributed by atoms with Crippen molar-refractivity contribution in [3.8, 4) is 0 Å². The van der Waals surface area contributed by atoms with Crippen molar-refractivity contribution < 1.29 is 28.6 Å². The molecule has 5 nitrogen and oxygen atoms in total. The normalized spacial score (nSPS) is 19.2. The maximum atomic E-state index is 14.4. The van der Waals surface area contributed by atoms with E-state index < -0.39 is 18.0 Å². The Morgan fingerprint density at radius 3 is 2.69 bits per heavy atom. The Morgan fingerprint density at radius 1 is 1.28 bits per heavy atom. The number of aliphatic hydroxyl groups excluding tert-OH is 1. The molecule has 2 rings (SSSR count). The first kappa shape index (κ1) is 22.7. The summed E-state index contributed by atoms with van der Waals surface area (Å²) < 4.78 is 28.8. The predicted molar refractivity (Wildman–Crippen MR) is 105 cm³/mol. The average Bonchev–Trinajstić information content (AvgIpc) is 2.70. The van der Waals surface area contributed by atoms with Crippen LogP contribution in [-0.2, 0) is 15.5 Å². The first-order chi connectivity index (χ1) is 13.8. The molecule has 0 saturated carbocycles. The average molecular weight is 407 g/mol. The number of piperidine rings is 1. The zero-order valence-electron chi connectivity index (χ0n) is 16.2. The van der Waals surface area contributed by atoms with Crippen LogP contribution in [0.15, 0.2) is 54.6 Å². The number of benzene rings is 1. The van der Waals surface area contributed by atoms with E-state index in [0.29, 0.717) is 38.6 Å². The van der Waals surface area contributed by atoms with Gasteiger partial charge in [-0.05, 0) is 25.7 Å². The van der Waals surface area contributed by atoms with Crippen LogP contribution in [0.4, 0.5) is 8.78 Å². The minimum absolute atomic E-state index is 0.0644. The van der Waals surface area contributed by atoms with Crippen LogP contribution in [0.2, 0.25) is 0 Å². The van der Waals surface area contributed by atoms with Crippen molar-refractivity contribution in [2.75, 3.05) is 6.54 Å². The number of halogens is 2. The van der Waals surface area contributed by atoms with Gasteiger partial charge in [0.2, 0.25) is 5.91 Å². The van der Waals surface area contributed by atoms with Gasteiger partial charge in [0, 0.05) is 24.9 Å². The molecule has 1 saturated heterocycles. The van der Waals surface area contributed by atoms with Gasteiger partial charge < -0.3 is 15.1 Å². The van der Waals surface area contributed by atoms with Gasteiger partial charge in [0.1, 0.15) is 6.10 Å². The highest BCUT2D eigenvalue weighted by atomic mass is 19.3. The first-order valence-electron chi connectivity index (χ1n) is 9.78. The van der Waals surface area contributed by atoms with Crippen LogP contribution in [-0.4, -0.2) is 45.7 Å². The molecule has 2 N–H and O–H groups in total. The molecule has 1 fully saturated rings. The lowest BCUT2D eigenvalue weighted by Crippen LogP contribution is -2.43. The van der Waals surface area contributed by atoms with Gasteiger partial charge in [-0.2, -0.15) is 8.78 Å². The molecule has 0 unspecified atom stereocenters. The fraction of sp³-hybridized carbons (Fsp3) is 0.455. The third-order valence-corrected chi connectivity index (χ3v) is 4.89. The van der Waals surface area contributed by atoms with Crippen LogP contribution in [0.3, 0.4) is 0 Å². The van der Waals surface area contributed by atoms with Crippen LogP contribution >= 0.6 is 0 Å². The van der Waals surface area contributed by atoms with E-state index in [4.69, 9.17) is 5.11 Å². The molecule has 0 radical (unpaired) electrons. The second-order valence-corrected chi connectivity index (χ2v) is 7.08. The Balaban J connectivity index is 1.97. The number of carboxylic acids is 1. The van der Waals surface area contributed by atoms with Crippen LogP contribution in [0.25, 0.3) is 0 Å². The van der Waals surface area contributed by atoms with Gasteiger partial charge >= 0.3 is 11.9 Å². The monoisotopic (exact) mass is 407 g/mol. The Hall–Kier alpha value is -2.54. The van der Waals surface area contributed by atoms with E-state index in [-0.39, 0.29) is 23.9 Å². The maximum Gasteiger partial charge on any atom is 0.303 e. The number of hydrogen-bond donors (Lipinski definition) is 2. The third-order valence-electron chi connectivity index (χ3n) is 4.89. The van der Waals surface area contributed by atoms with Crippen molar-refractivity contribution in [1.29, 1.82) is 0 Å². The zero-order valence-corrected chi connectivity index (χ0v) is 16.2. The summed E-state index contributed by atoms with van der Waals surface area (Å²) in [7, 11) is 0. The SMILES string of the molecule is O=C(O)CCCC=CCN1C(=O)CCC[C@@H]1C=C[C@@H](O)C(F)(F)c1ccccc1. The summed E-state index contributed by atoms with van der Waals surface area (Å²) in [6, 6.07) is 6.78. The second kappa shape index (κ2) is 10.9. The first-order valence-corrected chi connectivity index (χ1v) is 9.78. The summed E-state index contributed by atoms with van der Waals surface area (Å²) in [5.74, 6) is -4.34. The highest BCUT2D eigenvalue weighted by Crippen LogP contribution is 2.32. The lowest BCUT2D eigenvalue weighted by molar-refractivity contribution is -0.137. The van der Waals surface area contributed by atoms with Crippen LogP contribution in [0, 0.1) is 0 Å². The number of rotatable bonds is 10. The highest BCUT2D eigenvalue weighted by molar-refractivity contribution is 5.77. The number of nitrogens with zero attached hydrogens (tertiary/aromatic N) is 1. The van der Waals surface area contributed by atoms with E-state index in [2.05, 4.69) is 0 Å². The Morgan fingerprint density at radius 2 is 2.00 bits per heavy atom. The summed E-state index contributed by atoms with van der Waals surface area (Å²) in [6.07, 6.45) is 7.08. The van der Waals surface area contributed by atoms with Gasteiger partial charge in [-0.25, -0.2) is 0 Å². The molecule has 2 atom stereocenters. The minimum Gasteiger partial charge on any atom is -0.481 e. The summed E-state index contributed by atoms with van der Waals surface area (Å²) in [6.45, 7) is 0.325. The smallest absolute Gasteiger partial charge is 0.303 e. The highest BCUT2D eigenvalue weighted by Gasteiger charge is 2.39. The number of unbranched alkanes of at least 4 members (excludes halogenated alkanes) is 1. The van der Waals surface area contributed by atoms with Crippen molar-refractivity contribution in [2.45, 2.75) is 56.6 Å². The van der Waals surface area contributed by atoms with E-state index in [1.807, 2.05) is 6.08 Å². The number of likely N-dealkylation sites (tertiary alicyclic amines) is 1. The van der Waals surface area contributed by atoms with E-state index in [1.54, 1.807) is 17.0 Å². The number of carboxylic acid groups (broad SMARTS) is 1. The Bertz CT molecular complexity index is 734. The van der Waals surface area contributed by atoms with Gasteiger partial charge in [-0.1, -0.05) is 54.6 Å². The minimum atomic E-state index is -3.43. The van der Waals surface area contributed by atoms with Crippen molar-refractivity contribution >= 4 is 11.9 Å². The molecule has 0 bridgehead atoms. The van der Waals surface area contributed by atoms with Gasteiger partial charge in [0.25, 0.3) is 0 Å². The molecule has 0 spiro atoms. The van der Waals surface area contributed by atoms with Gasteiger partial charge in [-0.3, -0.25) is 9.59 Å². The molecule has 1 aromatic rings. The second-order valence-electron chi connectivity index (χ2n) is 7.08. The summed E-state index contributed by atoms with van der Waals surface area (Å²) in [5, 5.41) is 18.6. The number of hydrogen-bond acceptors (Lipinski definition) is 3. The summed E-state index contributed by atoms with van der Waals surface area (Å²) in [5.41, 5.74) is -0.266. The molecular weight excluding hydrogens is 380 g/mol. The van der Waals surface area contributed by atoms with E-state index in [0.717, 1.165) is 6.08 Å². The standard InChI is InChI=1S/C22H27F2NO4/c23-22(24,17-9-4-3-5-10-17)19(26)15-14-18-11-8-12-20(27)25(18)16-7-2-1-6-13-21(28)29/h2-5,7,9-10,14-15,18-19,26H,1,6,8,11-13,16H2,(H,28,29)/t18-,19-/m1/s1. The maximum absolute atomic E-state index is 14.4. The molecule has 1 aliphatic rings. The summed E-state index contributed by atoms with van der Waals surface area (Å²) in [4.78, 5) is 24.3. The third kappa shape index (κ3) is 6.78. The number of carbonyl (C=O) groups excluding carboxylic acids is 1. The molecule has 29 heavy (non-hydrogen) atoms. The van der Waals surface area contributed by atoms with E-state index >= 15 is 0 Å². The number of carbonyl (C=O) groups is 2. The number of aliphatic carboxylic acids is 1. The Labute approximate surface area is 169 Å². The van der Waals surface area contributed by atoms with Crippen LogP contribution < -0.4 is 0 Å². The quantitative estimate of drug-likeness (QED) is 0.456. The van der Waals surface area contributed by atoms with Crippen molar-refractivity contribution in [1.82, 2.24) is 4.90 Å². The fourth-order valence-corrected chi connectivity index (χ4v) is 3.25. The molecule has 0 aliphatic carbocycles. The molecule has 0 aromatic heterocycles. The molecule has 1 amide bonds. The molecule has 158 valence electrons. The number of aliphatic hydroxyl groups is 1. The van der Waals surface area contributed by atoms with Crippen LogP contribution in [0.1, 0.15) is 44.1 Å². The van der Waals surface area contributed by atoms with Gasteiger partial charge in [-0.15, -0.1) is 0 Å². The van der Waals surface area contributed by atoms with Crippen molar-refractivity contribution in [3.63, 3.8) is 0 Å². The van der Waals surface area contributed by atoms with Crippen molar-refractivity contribution in [2.24, 2.45) is 0 Å². The van der Waals surface area contributed by atoms with Gasteiger partial charge in [0.05, 0.1) is 6.04 Å². The van der Waals surface area contributed by atoms with E-state index in [9.17, 15) is 23.5 Å². The fourth-order valence-electron chi connectivity index (χ4n) is 3.25. The number of allylic oxidation sites excluding steroid dienone is 1. The lowest BCUT2D eigenvalue weighted by Gasteiger charge is -2.33. The van der Waals surface area contributed by atoms with Gasteiger partial charge in [0.15, 0.2) is 0 Å². The topological polar surface area (TPSA) is 77.8 Å². The number of alkyl halides is 2. The van der Waals surface area contributed by atoms with Crippen molar-refractivity contribution in [3.05, 3.63) is 60.2 Å². The molecule has 1 heterocycles. The molecule has 1 aromatic carbocycles. The van der Waals surface area contributed by atoms with Crippen LogP contribution in [0.5, 0.6) is 0 Å².